The highest BCUT2D eigenvalue weighted by atomic mass is 32.2. The van der Waals surface area contributed by atoms with Gasteiger partial charge in [-0.15, -0.1) is 11.8 Å². The van der Waals surface area contributed by atoms with Crippen molar-refractivity contribution in [2.45, 2.75) is 30.8 Å². The molecule has 0 bridgehead atoms. The van der Waals surface area contributed by atoms with E-state index in [0.29, 0.717) is 12.3 Å². The first-order valence-electron chi connectivity index (χ1n) is 8.54. The molecule has 0 atom stereocenters. The van der Waals surface area contributed by atoms with Crippen molar-refractivity contribution in [2.75, 3.05) is 18.8 Å². The molecule has 1 amide bonds. The van der Waals surface area contributed by atoms with Crippen LogP contribution in [0.1, 0.15) is 24.0 Å². The van der Waals surface area contributed by atoms with E-state index in [1.165, 1.54) is 37.1 Å². The van der Waals surface area contributed by atoms with Crippen LogP contribution in [0.25, 0.3) is 0 Å². The molecule has 0 radical (unpaired) electrons. The van der Waals surface area contributed by atoms with Crippen LogP contribution in [-0.2, 0) is 17.9 Å². The summed E-state index contributed by atoms with van der Waals surface area (Å²) in [4.78, 5) is 15.6. The molecule has 0 saturated carbocycles. The van der Waals surface area contributed by atoms with Crippen LogP contribution in [0, 0.1) is 0 Å². The smallest absolute Gasteiger partial charge is 0.230 e. The maximum atomic E-state index is 12.0. The van der Waals surface area contributed by atoms with E-state index in [9.17, 15) is 4.79 Å². The summed E-state index contributed by atoms with van der Waals surface area (Å²) < 4.78 is 0. The Hall–Kier alpha value is -1.78. The van der Waals surface area contributed by atoms with Gasteiger partial charge in [-0.2, -0.15) is 0 Å². The van der Waals surface area contributed by atoms with E-state index >= 15 is 0 Å². The molecule has 1 saturated heterocycles. The fraction of sp³-hybridized carbons (Fsp3) is 0.350. The van der Waals surface area contributed by atoms with Crippen molar-refractivity contribution in [3.05, 3.63) is 65.7 Å². The van der Waals surface area contributed by atoms with Gasteiger partial charge in [-0.05, 0) is 49.2 Å². The summed E-state index contributed by atoms with van der Waals surface area (Å²) in [6.45, 7) is 4.03. The van der Waals surface area contributed by atoms with Crippen LogP contribution >= 0.6 is 11.8 Å². The highest BCUT2D eigenvalue weighted by Crippen LogP contribution is 2.16. The van der Waals surface area contributed by atoms with Gasteiger partial charge in [0.25, 0.3) is 0 Å². The lowest BCUT2D eigenvalue weighted by molar-refractivity contribution is -0.118. The first-order valence-corrected chi connectivity index (χ1v) is 9.53. The van der Waals surface area contributed by atoms with E-state index in [1.807, 2.05) is 30.3 Å². The molecule has 126 valence electrons. The van der Waals surface area contributed by atoms with Crippen LogP contribution in [0.3, 0.4) is 0 Å². The highest BCUT2D eigenvalue weighted by molar-refractivity contribution is 8.00. The third-order valence-electron chi connectivity index (χ3n) is 4.20. The number of hydrogen-bond donors (Lipinski definition) is 1. The van der Waals surface area contributed by atoms with E-state index in [2.05, 4.69) is 34.5 Å². The maximum absolute atomic E-state index is 12.0. The van der Waals surface area contributed by atoms with E-state index in [1.54, 1.807) is 11.8 Å². The number of rotatable bonds is 7. The van der Waals surface area contributed by atoms with E-state index < -0.39 is 0 Å². The van der Waals surface area contributed by atoms with Crippen LogP contribution in [-0.4, -0.2) is 29.6 Å². The van der Waals surface area contributed by atoms with Gasteiger partial charge in [-0.25, -0.2) is 0 Å². The van der Waals surface area contributed by atoms with Crippen LogP contribution in [0.4, 0.5) is 0 Å². The molecular formula is C20H24N2OS. The molecule has 1 aliphatic heterocycles. The molecule has 2 aromatic carbocycles. The number of carbonyl (C=O) groups excluding carboxylic acids is 1. The first kappa shape index (κ1) is 17.1. The summed E-state index contributed by atoms with van der Waals surface area (Å²) >= 11 is 1.57. The fourth-order valence-corrected chi connectivity index (χ4v) is 3.70. The van der Waals surface area contributed by atoms with Crippen molar-refractivity contribution in [1.29, 1.82) is 0 Å². The summed E-state index contributed by atoms with van der Waals surface area (Å²) in [5.74, 6) is 0.533. The largest absolute Gasteiger partial charge is 0.351 e. The average Bonchev–Trinajstić information content (AvgIpc) is 3.12. The Morgan fingerprint density at radius 2 is 1.75 bits per heavy atom. The molecule has 0 aromatic heterocycles. The van der Waals surface area contributed by atoms with E-state index in [0.717, 1.165) is 11.4 Å². The van der Waals surface area contributed by atoms with Gasteiger partial charge in [0.1, 0.15) is 0 Å². The standard InChI is InChI=1S/C20H24N2OS/c23-20(16-24-19-9-2-1-3-10-19)21-14-17-7-6-8-18(13-17)15-22-11-4-5-12-22/h1-3,6-10,13H,4-5,11-12,14-16H2,(H,21,23). The SMILES string of the molecule is O=C(CSc1ccccc1)NCc1cccc(CN2CCCC2)c1. The number of carbonyl (C=O) groups is 1. The molecular weight excluding hydrogens is 316 g/mol. The Labute approximate surface area is 148 Å². The molecule has 1 fully saturated rings. The summed E-state index contributed by atoms with van der Waals surface area (Å²) in [5.41, 5.74) is 2.51. The predicted octanol–water partition coefficient (Wildman–Crippen LogP) is 3.69. The highest BCUT2D eigenvalue weighted by Gasteiger charge is 2.11. The summed E-state index contributed by atoms with van der Waals surface area (Å²) in [6, 6.07) is 18.6. The van der Waals surface area contributed by atoms with Gasteiger partial charge in [0.2, 0.25) is 5.91 Å². The van der Waals surface area contributed by atoms with Crippen LogP contribution in [0.15, 0.2) is 59.5 Å². The third-order valence-corrected chi connectivity index (χ3v) is 5.21. The average molecular weight is 340 g/mol. The minimum atomic E-state index is 0.0776. The number of benzene rings is 2. The second-order valence-corrected chi connectivity index (χ2v) is 7.23. The third kappa shape index (κ3) is 5.39. The van der Waals surface area contributed by atoms with Crippen LogP contribution < -0.4 is 5.32 Å². The van der Waals surface area contributed by atoms with Gasteiger partial charge in [0.15, 0.2) is 0 Å². The lowest BCUT2D eigenvalue weighted by Gasteiger charge is -2.15. The van der Waals surface area contributed by atoms with E-state index in [4.69, 9.17) is 0 Å². The van der Waals surface area contributed by atoms with Crippen molar-refractivity contribution < 1.29 is 4.79 Å². The van der Waals surface area contributed by atoms with Crippen molar-refractivity contribution in [1.82, 2.24) is 10.2 Å². The number of thioether (sulfide) groups is 1. The second kappa shape index (κ2) is 8.90. The zero-order valence-corrected chi connectivity index (χ0v) is 14.7. The Kier molecular flexibility index (Phi) is 6.33. The quantitative estimate of drug-likeness (QED) is 0.780. The molecule has 2 aromatic rings. The fourth-order valence-electron chi connectivity index (χ4n) is 2.95. The van der Waals surface area contributed by atoms with Crippen molar-refractivity contribution in [2.24, 2.45) is 0 Å². The number of likely N-dealkylation sites (tertiary alicyclic amines) is 1. The molecule has 1 aliphatic rings. The molecule has 0 unspecified atom stereocenters. The molecule has 1 heterocycles. The Morgan fingerprint density at radius 1 is 1.00 bits per heavy atom. The Balaban J connectivity index is 1.44. The van der Waals surface area contributed by atoms with Gasteiger partial charge in [0.05, 0.1) is 5.75 Å². The number of amides is 1. The van der Waals surface area contributed by atoms with Crippen LogP contribution in [0.5, 0.6) is 0 Å². The Bertz CT molecular complexity index is 654. The molecule has 24 heavy (non-hydrogen) atoms. The molecule has 1 N–H and O–H groups in total. The first-order chi connectivity index (χ1) is 11.8. The zero-order chi connectivity index (χ0) is 16.6. The summed E-state index contributed by atoms with van der Waals surface area (Å²) in [7, 11) is 0. The molecule has 3 nitrogen and oxygen atoms in total. The minimum absolute atomic E-state index is 0.0776. The minimum Gasteiger partial charge on any atom is -0.351 e. The van der Waals surface area contributed by atoms with Gasteiger partial charge in [-0.1, -0.05) is 42.5 Å². The molecule has 0 aliphatic carbocycles. The maximum Gasteiger partial charge on any atom is 0.230 e. The lowest BCUT2D eigenvalue weighted by Crippen LogP contribution is -2.24. The predicted molar refractivity (Wildman–Crippen MR) is 100.0 cm³/mol. The van der Waals surface area contributed by atoms with Gasteiger partial charge < -0.3 is 5.32 Å². The molecule has 4 heteroatoms. The van der Waals surface area contributed by atoms with Crippen molar-refractivity contribution >= 4 is 17.7 Å². The molecule has 3 rings (SSSR count). The number of nitrogens with zero attached hydrogens (tertiary/aromatic N) is 1. The topological polar surface area (TPSA) is 32.3 Å². The zero-order valence-electron chi connectivity index (χ0n) is 13.9. The normalized spacial score (nSPS) is 14.7. The van der Waals surface area contributed by atoms with Gasteiger partial charge in [-0.3, -0.25) is 9.69 Å². The summed E-state index contributed by atoms with van der Waals surface area (Å²) in [6.07, 6.45) is 2.63. The van der Waals surface area contributed by atoms with Gasteiger partial charge >= 0.3 is 0 Å². The number of nitrogens with one attached hydrogen (secondary N) is 1. The lowest BCUT2D eigenvalue weighted by atomic mass is 10.1. The second-order valence-electron chi connectivity index (χ2n) is 6.18. The van der Waals surface area contributed by atoms with Crippen molar-refractivity contribution in [3.63, 3.8) is 0 Å². The van der Waals surface area contributed by atoms with Crippen molar-refractivity contribution in [3.8, 4) is 0 Å². The summed E-state index contributed by atoms with van der Waals surface area (Å²) in [5, 5.41) is 3.02. The number of hydrogen-bond acceptors (Lipinski definition) is 3. The van der Waals surface area contributed by atoms with Gasteiger partial charge in [0, 0.05) is 18.0 Å². The van der Waals surface area contributed by atoms with E-state index in [-0.39, 0.29) is 5.91 Å². The van der Waals surface area contributed by atoms with Crippen LogP contribution in [0.2, 0.25) is 0 Å². The monoisotopic (exact) mass is 340 g/mol. The Morgan fingerprint density at radius 3 is 2.54 bits per heavy atom. The molecule has 0 spiro atoms.